The zero-order valence-corrected chi connectivity index (χ0v) is 8.14. The smallest absolute Gasteiger partial charge is 0.0818 e. The lowest BCUT2D eigenvalue weighted by atomic mass is 10.1. The Hall–Kier alpha value is -0.530. The van der Waals surface area contributed by atoms with Crippen LogP contribution in [-0.2, 0) is 6.42 Å². The van der Waals surface area contributed by atoms with Crippen LogP contribution in [0.1, 0.15) is 18.9 Å². The fraction of sp³-hybridized carbons (Fsp3) is 0.400. The highest BCUT2D eigenvalue weighted by molar-refractivity contribution is 6.30. The number of quaternary nitrogens is 1. The zero-order chi connectivity index (χ0) is 8.97. The summed E-state index contributed by atoms with van der Waals surface area (Å²) >= 11 is 5.76. The lowest BCUT2D eigenvalue weighted by Crippen LogP contribution is -2.59. The van der Waals surface area contributed by atoms with Gasteiger partial charge in [0.1, 0.15) is 0 Å². The van der Waals surface area contributed by atoms with Gasteiger partial charge in [0.2, 0.25) is 0 Å². The van der Waals surface area contributed by atoms with Crippen LogP contribution in [0.15, 0.2) is 24.3 Å². The highest BCUT2D eigenvalue weighted by Gasteiger charge is 1.98. The molecule has 1 rings (SSSR count). The van der Waals surface area contributed by atoms with Gasteiger partial charge >= 0.3 is 0 Å². The molecule has 0 saturated heterocycles. The Balaban J connectivity index is 2.48. The van der Waals surface area contributed by atoms with Crippen molar-refractivity contribution in [2.45, 2.75) is 25.8 Å². The molecular weight excluding hydrogens is 170 g/mol. The molecule has 0 aliphatic carbocycles. The minimum Gasteiger partial charge on any atom is -0.355 e. The molecule has 66 valence electrons. The van der Waals surface area contributed by atoms with Crippen LogP contribution in [0.2, 0.25) is 5.02 Å². The van der Waals surface area contributed by atoms with Crippen LogP contribution < -0.4 is 5.73 Å². The first kappa shape index (κ1) is 9.56. The van der Waals surface area contributed by atoms with Gasteiger partial charge in [0.25, 0.3) is 0 Å². The molecule has 0 bridgehead atoms. The summed E-state index contributed by atoms with van der Waals surface area (Å²) in [6.45, 7) is 2.13. The van der Waals surface area contributed by atoms with E-state index in [0.29, 0.717) is 6.04 Å². The van der Waals surface area contributed by atoms with Gasteiger partial charge in [0.15, 0.2) is 0 Å². The molecule has 0 aliphatic heterocycles. The summed E-state index contributed by atoms with van der Waals surface area (Å²) in [4.78, 5) is 0. The monoisotopic (exact) mass is 184 g/mol. The number of halogens is 1. The number of rotatable bonds is 3. The van der Waals surface area contributed by atoms with Crippen molar-refractivity contribution in [3.63, 3.8) is 0 Å². The second-order valence-electron chi connectivity index (χ2n) is 3.27. The minimum atomic E-state index is 0.528. The van der Waals surface area contributed by atoms with E-state index in [9.17, 15) is 0 Å². The first-order valence-electron chi connectivity index (χ1n) is 4.26. The molecule has 0 radical (unpaired) electrons. The minimum absolute atomic E-state index is 0.528. The summed E-state index contributed by atoms with van der Waals surface area (Å²) in [5, 5.41) is 0.807. The van der Waals surface area contributed by atoms with Gasteiger partial charge in [-0.1, -0.05) is 23.7 Å². The third-order valence-corrected chi connectivity index (χ3v) is 2.09. The number of aryl methyl sites for hydroxylation is 1. The summed E-state index contributed by atoms with van der Waals surface area (Å²) in [6, 6.07) is 8.55. The maximum Gasteiger partial charge on any atom is 0.0818 e. The van der Waals surface area contributed by atoms with Crippen LogP contribution in [0.25, 0.3) is 0 Å². The van der Waals surface area contributed by atoms with Crippen molar-refractivity contribution in [2.24, 2.45) is 0 Å². The van der Waals surface area contributed by atoms with Gasteiger partial charge in [0, 0.05) is 11.4 Å². The van der Waals surface area contributed by atoms with Gasteiger partial charge in [-0.3, -0.25) is 0 Å². The molecule has 0 heterocycles. The third kappa shape index (κ3) is 3.24. The summed E-state index contributed by atoms with van der Waals surface area (Å²) in [5.41, 5.74) is 5.29. The fourth-order valence-electron chi connectivity index (χ4n) is 1.06. The third-order valence-electron chi connectivity index (χ3n) is 1.84. The van der Waals surface area contributed by atoms with Crippen LogP contribution in [0.5, 0.6) is 0 Å². The maximum absolute atomic E-state index is 5.76. The van der Waals surface area contributed by atoms with Crippen LogP contribution in [0.3, 0.4) is 0 Å². The van der Waals surface area contributed by atoms with E-state index < -0.39 is 0 Å². The standard InChI is InChI=1S/C10H14ClN/c1-8(12)2-3-9-4-6-10(11)7-5-9/h4-8H,2-3,12H2,1H3/p+1/t8-/m0/s1. The van der Waals surface area contributed by atoms with Crippen LogP contribution in [-0.4, -0.2) is 6.04 Å². The summed E-state index contributed by atoms with van der Waals surface area (Å²) in [7, 11) is 0. The number of hydrogen-bond donors (Lipinski definition) is 1. The molecule has 0 aliphatic rings. The predicted octanol–water partition coefficient (Wildman–Crippen LogP) is 1.90. The van der Waals surface area contributed by atoms with Gasteiger partial charge < -0.3 is 5.73 Å². The van der Waals surface area contributed by atoms with Crippen molar-refractivity contribution in [3.8, 4) is 0 Å². The molecule has 1 aromatic carbocycles. The molecule has 3 N–H and O–H groups in total. The predicted molar refractivity (Wildman–Crippen MR) is 52.1 cm³/mol. The highest BCUT2D eigenvalue weighted by Crippen LogP contribution is 2.10. The Kier molecular flexibility index (Phi) is 3.57. The molecule has 1 atom stereocenters. The van der Waals surface area contributed by atoms with Crippen LogP contribution >= 0.6 is 11.6 Å². The van der Waals surface area contributed by atoms with Crippen molar-refractivity contribution < 1.29 is 5.73 Å². The van der Waals surface area contributed by atoms with Crippen molar-refractivity contribution in [3.05, 3.63) is 34.9 Å². The van der Waals surface area contributed by atoms with E-state index >= 15 is 0 Å². The SMILES string of the molecule is C[C@H]([NH3+])CCc1ccc(Cl)cc1. The van der Waals surface area contributed by atoms with E-state index in [1.54, 1.807) is 0 Å². The average Bonchev–Trinajstić information content (AvgIpc) is 2.03. The van der Waals surface area contributed by atoms with Crippen molar-refractivity contribution >= 4 is 11.6 Å². The Morgan fingerprint density at radius 2 is 1.92 bits per heavy atom. The van der Waals surface area contributed by atoms with Gasteiger partial charge in [-0.25, -0.2) is 0 Å². The van der Waals surface area contributed by atoms with Crippen molar-refractivity contribution in [2.75, 3.05) is 0 Å². The van der Waals surface area contributed by atoms with E-state index in [2.05, 4.69) is 24.8 Å². The lowest BCUT2D eigenvalue weighted by Gasteiger charge is -2.02. The molecule has 0 spiro atoms. The van der Waals surface area contributed by atoms with E-state index in [4.69, 9.17) is 11.6 Å². The molecule has 0 unspecified atom stereocenters. The second-order valence-corrected chi connectivity index (χ2v) is 3.71. The van der Waals surface area contributed by atoms with Crippen molar-refractivity contribution in [1.29, 1.82) is 0 Å². The van der Waals surface area contributed by atoms with E-state index in [0.717, 1.165) is 17.9 Å². The Bertz CT molecular complexity index is 228. The van der Waals surface area contributed by atoms with Gasteiger partial charge in [0.05, 0.1) is 6.04 Å². The molecule has 12 heavy (non-hydrogen) atoms. The first-order chi connectivity index (χ1) is 5.68. The van der Waals surface area contributed by atoms with Gasteiger partial charge in [-0.15, -0.1) is 0 Å². The molecule has 0 saturated carbocycles. The number of benzene rings is 1. The molecule has 1 aromatic rings. The van der Waals surface area contributed by atoms with Crippen molar-refractivity contribution in [1.82, 2.24) is 0 Å². The second kappa shape index (κ2) is 4.48. The molecule has 2 heteroatoms. The fourth-order valence-corrected chi connectivity index (χ4v) is 1.19. The van der Waals surface area contributed by atoms with Crippen LogP contribution in [0.4, 0.5) is 0 Å². The quantitative estimate of drug-likeness (QED) is 0.744. The number of hydrogen-bond acceptors (Lipinski definition) is 0. The molecule has 0 fully saturated rings. The topological polar surface area (TPSA) is 27.6 Å². The largest absolute Gasteiger partial charge is 0.355 e. The van der Waals surface area contributed by atoms with E-state index in [1.165, 1.54) is 5.56 Å². The van der Waals surface area contributed by atoms with Gasteiger partial charge in [-0.2, -0.15) is 0 Å². The molecule has 0 amide bonds. The molecule has 0 aromatic heterocycles. The molecule has 1 nitrogen and oxygen atoms in total. The first-order valence-corrected chi connectivity index (χ1v) is 4.64. The summed E-state index contributed by atoms with van der Waals surface area (Å²) in [5.74, 6) is 0. The van der Waals surface area contributed by atoms with E-state index in [-0.39, 0.29) is 0 Å². The Morgan fingerprint density at radius 1 is 1.33 bits per heavy atom. The van der Waals surface area contributed by atoms with E-state index in [1.807, 2.05) is 12.1 Å². The Labute approximate surface area is 78.5 Å². The maximum atomic E-state index is 5.76. The summed E-state index contributed by atoms with van der Waals surface area (Å²) < 4.78 is 0. The highest BCUT2D eigenvalue weighted by atomic mass is 35.5. The zero-order valence-electron chi connectivity index (χ0n) is 7.39. The van der Waals surface area contributed by atoms with Gasteiger partial charge in [-0.05, 0) is 31.0 Å². The average molecular weight is 185 g/mol. The normalized spacial score (nSPS) is 12.9. The molecular formula is C10H15ClN+. The Morgan fingerprint density at radius 3 is 2.42 bits per heavy atom. The summed E-state index contributed by atoms with van der Waals surface area (Å²) in [6.07, 6.45) is 2.24. The van der Waals surface area contributed by atoms with Crippen LogP contribution in [0, 0.1) is 0 Å². The lowest BCUT2D eigenvalue weighted by molar-refractivity contribution is -0.415.